The zero-order chi connectivity index (χ0) is 11.5. The Morgan fingerprint density at radius 3 is 2.60 bits per heavy atom. The molecule has 90 valence electrons. The molecule has 1 aliphatic rings. The summed E-state index contributed by atoms with van der Waals surface area (Å²) >= 11 is 0. The maximum absolute atomic E-state index is 6.18. The van der Waals surface area contributed by atoms with Crippen LogP contribution in [0.4, 0.5) is 0 Å². The summed E-state index contributed by atoms with van der Waals surface area (Å²) in [7, 11) is 2.15. The number of ether oxygens (including phenoxy) is 1. The van der Waals surface area contributed by atoms with Gasteiger partial charge in [0, 0.05) is 31.7 Å². The molecule has 3 heteroatoms. The highest BCUT2D eigenvalue weighted by Gasteiger charge is 2.24. The molecule has 0 aliphatic carbocycles. The molecule has 0 saturated carbocycles. The fourth-order valence-corrected chi connectivity index (χ4v) is 2.27. The summed E-state index contributed by atoms with van der Waals surface area (Å²) < 4.78 is 5.36. The van der Waals surface area contributed by atoms with Crippen LogP contribution < -0.4 is 5.73 Å². The Bertz CT molecular complexity index is 183. The van der Waals surface area contributed by atoms with E-state index in [0.29, 0.717) is 11.3 Å². The lowest BCUT2D eigenvalue weighted by Gasteiger charge is -2.30. The van der Waals surface area contributed by atoms with Gasteiger partial charge in [-0.2, -0.15) is 0 Å². The second kappa shape index (κ2) is 5.28. The van der Waals surface area contributed by atoms with Gasteiger partial charge in [0.05, 0.1) is 6.61 Å². The molecular formula is C12H26N2O. The summed E-state index contributed by atoms with van der Waals surface area (Å²) in [5.41, 5.74) is 6.52. The third-order valence-corrected chi connectivity index (χ3v) is 2.84. The van der Waals surface area contributed by atoms with Crippen LogP contribution >= 0.6 is 0 Å². The SMILES string of the molecule is CN(CC(N)C1CCOC1)CC(C)(C)C. The van der Waals surface area contributed by atoms with E-state index in [1.165, 1.54) is 0 Å². The monoisotopic (exact) mass is 214 g/mol. The van der Waals surface area contributed by atoms with E-state index in [0.717, 1.165) is 32.7 Å². The van der Waals surface area contributed by atoms with Gasteiger partial charge < -0.3 is 15.4 Å². The zero-order valence-corrected chi connectivity index (χ0v) is 10.6. The van der Waals surface area contributed by atoms with Crippen molar-refractivity contribution < 1.29 is 4.74 Å². The van der Waals surface area contributed by atoms with Gasteiger partial charge in [0.15, 0.2) is 0 Å². The lowest BCUT2D eigenvalue weighted by molar-refractivity contribution is 0.165. The lowest BCUT2D eigenvalue weighted by atomic mass is 9.95. The van der Waals surface area contributed by atoms with Crippen molar-refractivity contribution in [2.45, 2.75) is 33.2 Å². The van der Waals surface area contributed by atoms with Crippen molar-refractivity contribution in [1.29, 1.82) is 0 Å². The Morgan fingerprint density at radius 1 is 1.47 bits per heavy atom. The van der Waals surface area contributed by atoms with Crippen LogP contribution in [0.15, 0.2) is 0 Å². The Morgan fingerprint density at radius 2 is 2.13 bits per heavy atom. The first-order chi connectivity index (χ1) is 6.88. The van der Waals surface area contributed by atoms with E-state index in [1.54, 1.807) is 0 Å². The molecule has 0 aromatic carbocycles. The van der Waals surface area contributed by atoms with Crippen molar-refractivity contribution in [2.75, 3.05) is 33.4 Å². The molecule has 1 rings (SSSR count). The van der Waals surface area contributed by atoms with Crippen molar-refractivity contribution in [1.82, 2.24) is 4.90 Å². The molecule has 1 saturated heterocycles. The van der Waals surface area contributed by atoms with Gasteiger partial charge in [0.25, 0.3) is 0 Å². The lowest BCUT2D eigenvalue weighted by Crippen LogP contribution is -2.43. The van der Waals surface area contributed by atoms with Crippen LogP contribution in [0.2, 0.25) is 0 Å². The fourth-order valence-electron chi connectivity index (χ4n) is 2.27. The highest BCUT2D eigenvalue weighted by atomic mass is 16.5. The molecule has 3 nitrogen and oxygen atoms in total. The molecule has 0 amide bonds. The molecule has 1 heterocycles. The maximum atomic E-state index is 6.18. The minimum atomic E-state index is 0.264. The first kappa shape index (κ1) is 12.9. The van der Waals surface area contributed by atoms with Crippen LogP contribution in [0.5, 0.6) is 0 Å². The number of hydrogen-bond donors (Lipinski definition) is 1. The third-order valence-electron chi connectivity index (χ3n) is 2.84. The zero-order valence-electron chi connectivity index (χ0n) is 10.6. The average molecular weight is 214 g/mol. The third kappa shape index (κ3) is 4.96. The van der Waals surface area contributed by atoms with Crippen LogP contribution in [0, 0.1) is 11.3 Å². The van der Waals surface area contributed by atoms with E-state index in [2.05, 4.69) is 32.7 Å². The van der Waals surface area contributed by atoms with E-state index in [1.807, 2.05) is 0 Å². The van der Waals surface area contributed by atoms with Gasteiger partial charge in [-0.1, -0.05) is 20.8 Å². The van der Waals surface area contributed by atoms with Gasteiger partial charge in [-0.05, 0) is 18.9 Å². The smallest absolute Gasteiger partial charge is 0.0510 e. The van der Waals surface area contributed by atoms with Gasteiger partial charge in [-0.25, -0.2) is 0 Å². The topological polar surface area (TPSA) is 38.5 Å². The number of nitrogens with zero attached hydrogens (tertiary/aromatic N) is 1. The van der Waals surface area contributed by atoms with Gasteiger partial charge in [-0.15, -0.1) is 0 Å². The molecule has 1 aliphatic heterocycles. The summed E-state index contributed by atoms with van der Waals surface area (Å²) in [4.78, 5) is 2.34. The van der Waals surface area contributed by atoms with Crippen molar-refractivity contribution >= 4 is 0 Å². The summed E-state index contributed by atoms with van der Waals surface area (Å²) in [5, 5.41) is 0. The normalized spacial score (nSPS) is 24.8. The minimum absolute atomic E-state index is 0.264. The van der Waals surface area contributed by atoms with Crippen LogP contribution in [0.1, 0.15) is 27.2 Å². The molecule has 1 fully saturated rings. The van der Waals surface area contributed by atoms with Crippen molar-refractivity contribution in [3.63, 3.8) is 0 Å². The van der Waals surface area contributed by atoms with Crippen LogP contribution in [-0.4, -0.2) is 44.3 Å². The quantitative estimate of drug-likeness (QED) is 0.767. The number of likely N-dealkylation sites (N-methyl/N-ethyl adjacent to an activating group) is 1. The summed E-state index contributed by atoms with van der Waals surface area (Å²) in [6, 6.07) is 0.264. The molecule has 15 heavy (non-hydrogen) atoms. The molecule has 2 atom stereocenters. The van der Waals surface area contributed by atoms with Crippen LogP contribution in [-0.2, 0) is 4.74 Å². The Labute approximate surface area is 94.0 Å². The summed E-state index contributed by atoms with van der Waals surface area (Å²) in [6.07, 6.45) is 1.13. The number of rotatable bonds is 4. The first-order valence-electron chi connectivity index (χ1n) is 5.90. The molecule has 0 spiro atoms. The van der Waals surface area contributed by atoms with Gasteiger partial charge in [0.2, 0.25) is 0 Å². The Kier molecular flexibility index (Phi) is 4.56. The molecule has 0 radical (unpaired) electrons. The summed E-state index contributed by atoms with van der Waals surface area (Å²) in [5.74, 6) is 0.562. The van der Waals surface area contributed by atoms with E-state index < -0.39 is 0 Å². The first-order valence-corrected chi connectivity index (χ1v) is 5.90. The van der Waals surface area contributed by atoms with Crippen LogP contribution in [0.25, 0.3) is 0 Å². The van der Waals surface area contributed by atoms with Crippen LogP contribution in [0.3, 0.4) is 0 Å². The second-order valence-electron chi connectivity index (χ2n) is 6.04. The highest BCUT2D eigenvalue weighted by molar-refractivity contribution is 4.79. The van der Waals surface area contributed by atoms with E-state index >= 15 is 0 Å². The molecule has 2 unspecified atom stereocenters. The van der Waals surface area contributed by atoms with Gasteiger partial charge in [-0.3, -0.25) is 0 Å². The van der Waals surface area contributed by atoms with E-state index in [9.17, 15) is 0 Å². The fraction of sp³-hybridized carbons (Fsp3) is 1.00. The number of hydrogen-bond acceptors (Lipinski definition) is 3. The highest BCUT2D eigenvalue weighted by Crippen LogP contribution is 2.18. The van der Waals surface area contributed by atoms with Crippen molar-refractivity contribution in [3.05, 3.63) is 0 Å². The molecule has 0 aromatic rings. The minimum Gasteiger partial charge on any atom is -0.381 e. The summed E-state index contributed by atoms with van der Waals surface area (Å²) in [6.45, 7) is 10.6. The molecule has 0 aromatic heterocycles. The standard InChI is InChI=1S/C12H26N2O/c1-12(2,3)9-14(4)7-11(13)10-5-6-15-8-10/h10-11H,5-9,13H2,1-4H3. The average Bonchev–Trinajstić information content (AvgIpc) is 2.50. The van der Waals surface area contributed by atoms with E-state index in [4.69, 9.17) is 10.5 Å². The second-order valence-corrected chi connectivity index (χ2v) is 6.04. The van der Waals surface area contributed by atoms with Gasteiger partial charge in [0.1, 0.15) is 0 Å². The molecule has 0 bridgehead atoms. The van der Waals surface area contributed by atoms with E-state index in [-0.39, 0.29) is 6.04 Å². The Hall–Kier alpha value is -0.120. The maximum Gasteiger partial charge on any atom is 0.0510 e. The van der Waals surface area contributed by atoms with Crippen molar-refractivity contribution in [2.24, 2.45) is 17.1 Å². The molecule has 2 N–H and O–H groups in total. The largest absolute Gasteiger partial charge is 0.381 e. The predicted molar refractivity (Wildman–Crippen MR) is 63.9 cm³/mol. The predicted octanol–water partition coefficient (Wildman–Crippen LogP) is 1.33. The number of nitrogens with two attached hydrogens (primary N) is 1. The van der Waals surface area contributed by atoms with Crippen molar-refractivity contribution in [3.8, 4) is 0 Å². The molecular weight excluding hydrogens is 188 g/mol. The van der Waals surface area contributed by atoms with Gasteiger partial charge >= 0.3 is 0 Å². The Balaban J connectivity index is 2.27.